The van der Waals surface area contributed by atoms with E-state index in [-0.39, 0.29) is 0 Å². The molecule has 1 aliphatic rings. The number of nitrogens with zero attached hydrogens (tertiary/aromatic N) is 2. The van der Waals surface area contributed by atoms with Crippen LogP contribution in [0.4, 0.5) is 0 Å². The van der Waals surface area contributed by atoms with E-state index in [1.807, 2.05) is 18.5 Å². The summed E-state index contributed by atoms with van der Waals surface area (Å²) in [4.78, 5) is 0. The molecule has 3 rings (SSSR count). The van der Waals surface area contributed by atoms with Crippen LogP contribution in [0, 0.1) is 13.8 Å². The summed E-state index contributed by atoms with van der Waals surface area (Å²) < 4.78 is 2.00. The fourth-order valence-corrected chi connectivity index (χ4v) is 2.78. The number of rotatable bonds is 6. The maximum atomic E-state index is 6.24. The SMILES string of the molecule is Cc1nn(Cc2ccccc2CCNC2CC2)c(C)c1Cl. The van der Waals surface area contributed by atoms with Crippen LogP contribution in [0.2, 0.25) is 5.02 Å². The van der Waals surface area contributed by atoms with Gasteiger partial charge in [-0.05, 0) is 50.8 Å². The van der Waals surface area contributed by atoms with Crippen molar-refractivity contribution in [2.75, 3.05) is 6.54 Å². The third kappa shape index (κ3) is 3.47. The second-order valence-corrected chi connectivity index (χ2v) is 6.27. The van der Waals surface area contributed by atoms with Crippen LogP contribution in [0.3, 0.4) is 0 Å². The summed E-state index contributed by atoms with van der Waals surface area (Å²) >= 11 is 6.24. The predicted octanol–water partition coefficient (Wildman–Crippen LogP) is 3.50. The van der Waals surface area contributed by atoms with E-state index in [0.717, 1.165) is 42.0 Å². The Morgan fingerprint density at radius 1 is 1.24 bits per heavy atom. The number of aromatic nitrogens is 2. The molecule has 0 atom stereocenters. The molecule has 1 saturated carbocycles. The average Bonchev–Trinajstić information content (AvgIpc) is 3.27. The predicted molar refractivity (Wildman–Crippen MR) is 87.0 cm³/mol. The van der Waals surface area contributed by atoms with E-state index in [1.165, 1.54) is 24.0 Å². The molecular weight excluding hydrogens is 282 g/mol. The summed E-state index contributed by atoms with van der Waals surface area (Å²) in [6.07, 6.45) is 3.75. The van der Waals surface area contributed by atoms with Gasteiger partial charge in [-0.15, -0.1) is 0 Å². The number of nitrogens with one attached hydrogen (secondary N) is 1. The first-order valence-electron chi connectivity index (χ1n) is 7.65. The monoisotopic (exact) mass is 303 g/mol. The number of hydrogen-bond donors (Lipinski definition) is 1. The number of benzene rings is 1. The molecule has 0 amide bonds. The van der Waals surface area contributed by atoms with Gasteiger partial charge in [0.2, 0.25) is 0 Å². The van der Waals surface area contributed by atoms with Crippen molar-refractivity contribution in [1.29, 1.82) is 0 Å². The number of aryl methyl sites for hydroxylation is 1. The molecule has 0 bridgehead atoms. The molecular formula is C17H22ClN3. The molecule has 0 unspecified atom stereocenters. The van der Waals surface area contributed by atoms with Crippen molar-refractivity contribution in [2.24, 2.45) is 0 Å². The molecule has 1 aromatic heterocycles. The molecule has 4 heteroatoms. The van der Waals surface area contributed by atoms with Gasteiger partial charge >= 0.3 is 0 Å². The highest BCUT2D eigenvalue weighted by Gasteiger charge is 2.19. The van der Waals surface area contributed by atoms with Crippen molar-refractivity contribution in [1.82, 2.24) is 15.1 Å². The molecule has 0 radical (unpaired) electrons. The molecule has 21 heavy (non-hydrogen) atoms. The topological polar surface area (TPSA) is 29.9 Å². The van der Waals surface area contributed by atoms with Crippen LogP contribution in [0.25, 0.3) is 0 Å². The minimum absolute atomic E-state index is 0.770. The van der Waals surface area contributed by atoms with E-state index < -0.39 is 0 Å². The molecule has 0 aliphatic heterocycles. The average molecular weight is 304 g/mol. The van der Waals surface area contributed by atoms with Crippen molar-refractivity contribution >= 4 is 11.6 Å². The molecule has 0 spiro atoms. The summed E-state index contributed by atoms with van der Waals surface area (Å²) in [5.41, 5.74) is 4.67. The van der Waals surface area contributed by atoms with E-state index in [0.29, 0.717) is 0 Å². The summed E-state index contributed by atoms with van der Waals surface area (Å²) in [6, 6.07) is 9.39. The molecule has 1 heterocycles. The zero-order valence-electron chi connectivity index (χ0n) is 12.7. The molecule has 2 aromatic rings. The van der Waals surface area contributed by atoms with Gasteiger partial charge in [0, 0.05) is 6.04 Å². The smallest absolute Gasteiger partial charge is 0.0844 e. The van der Waals surface area contributed by atoms with Crippen molar-refractivity contribution in [3.63, 3.8) is 0 Å². The lowest BCUT2D eigenvalue weighted by molar-refractivity contribution is 0.644. The largest absolute Gasteiger partial charge is 0.314 e. The third-order valence-corrected chi connectivity index (χ3v) is 4.68. The number of halogens is 1. The minimum Gasteiger partial charge on any atom is -0.314 e. The first-order valence-corrected chi connectivity index (χ1v) is 8.02. The standard InChI is InChI=1S/C17H22ClN3/c1-12-17(18)13(2)21(20-12)11-15-6-4-3-5-14(15)9-10-19-16-7-8-16/h3-6,16,19H,7-11H2,1-2H3. The molecule has 1 fully saturated rings. The lowest BCUT2D eigenvalue weighted by Crippen LogP contribution is -2.20. The van der Waals surface area contributed by atoms with Gasteiger partial charge in [0.1, 0.15) is 0 Å². The molecule has 3 nitrogen and oxygen atoms in total. The first-order chi connectivity index (χ1) is 10.1. The Bertz CT molecular complexity index is 629. The van der Waals surface area contributed by atoms with Gasteiger partial charge in [-0.25, -0.2) is 0 Å². The van der Waals surface area contributed by atoms with Crippen LogP contribution in [0.5, 0.6) is 0 Å². The minimum atomic E-state index is 0.770. The fourth-order valence-electron chi connectivity index (χ4n) is 2.64. The highest BCUT2D eigenvalue weighted by molar-refractivity contribution is 6.31. The van der Waals surface area contributed by atoms with Crippen molar-refractivity contribution in [2.45, 2.75) is 45.7 Å². The van der Waals surface area contributed by atoms with E-state index >= 15 is 0 Å². The Hall–Kier alpha value is -1.32. The van der Waals surface area contributed by atoms with Crippen LogP contribution in [-0.2, 0) is 13.0 Å². The van der Waals surface area contributed by atoms with Crippen molar-refractivity contribution in [3.05, 3.63) is 51.8 Å². The molecule has 1 aromatic carbocycles. The quantitative estimate of drug-likeness (QED) is 0.885. The van der Waals surface area contributed by atoms with Gasteiger partial charge < -0.3 is 5.32 Å². The lowest BCUT2D eigenvalue weighted by atomic mass is 10.0. The maximum Gasteiger partial charge on any atom is 0.0844 e. The zero-order chi connectivity index (χ0) is 14.8. The molecule has 0 saturated heterocycles. The van der Waals surface area contributed by atoms with Crippen LogP contribution < -0.4 is 5.32 Å². The van der Waals surface area contributed by atoms with Crippen LogP contribution in [0.1, 0.15) is 35.4 Å². The van der Waals surface area contributed by atoms with Crippen LogP contribution >= 0.6 is 11.6 Å². The number of hydrogen-bond acceptors (Lipinski definition) is 2. The Morgan fingerprint density at radius 2 is 1.95 bits per heavy atom. The second-order valence-electron chi connectivity index (χ2n) is 5.89. The first kappa shape index (κ1) is 14.6. The molecule has 1 aliphatic carbocycles. The molecule has 1 N–H and O–H groups in total. The van der Waals surface area contributed by atoms with Gasteiger partial charge in [-0.3, -0.25) is 4.68 Å². The van der Waals surface area contributed by atoms with Crippen LogP contribution in [0.15, 0.2) is 24.3 Å². The summed E-state index contributed by atoms with van der Waals surface area (Å²) in [7, 11) is 0. The highest BCUT2D eigenvalue weighted by atomic mass is 35.5. The molecule has 112 valence electrons. The Labute approximate surface area is 131 Å². The normalized spacial score (nSPS) is 14.6. The second kappa shape index (κ2) is 6.20. The summed E-state index contributed by atoms with van der Waals surface area (Å²) in [5.74, 6) is 0. The summed E-state index contributed by atoms with van der Waals surface area (Å²) in [5, 5.41) is 8.89. The van der Waals surface area contributed by atoms with Gasteiger partial charge in [-0.1, -0.05) is 35.9 Å². The van der Waals surface area contributed by atoms with E-state index in [1.54, 1.807) is 0 Å². The Balaban J connectivity index is 1.72. The highest BCUT2D eigenvalue weighted by Crippen LogP contribution is 2.21. The zero-order valence-corrected chi connectivity index (χ0v) is 13.5. The maximum absolute atomic E-state index is 6.24. The van der Waals surface area contributed by atoms with Crippen molar-refractivity contribution in [3.8, 4) is 0 Å². The Kier molecular flexibility index (Phi) is 4.32. The van der Waals surface area contributed by atoms with E-state index in [2.05, 4.69) is 34.7 Å². The van der Waals surface area contributed by atoms with E-state index in [9.17, 15) is 0 Å². The lowest BCUT2D eigenvalue weighted by Gasteiger charge is -2.11. The van der Waals surface area contributed by atoms with Gasteiger partial charge in [0.25, 0.3) is 0 Å². The third-order valence-electron chi connectivity index (χ3n) is 4.14. The fraction of sp³-hybridized carbons (Fsp3) is 0.471. The van der Waals surface area contributed by atoms with Crippen LogP contribution in [-0.4, -0.2) is 22.4 Å². The van der Waals surface area contributed by atoms with Gasteiger partial charge in [-0.2, -0.15) is 5.10 Å². The van der Waals surface area contributed by atoms with Crippen molar-refractivity contribution < 1.29 is 0 Å². The van der Waals surface area contributed by atoms with Gasteiger partial charge in [0.05, 0.1) is 23.0 Å². The van der Waals surface area contributed by atoms with Gasteiger partial charge in [0.15, 0.2) is 0 Å². The van der Waals surface area contributed by atoms with E-state index in [4.69, 9.17) is 11.6 Å². The Morgan fingerprint density at radius 3 is 2.57 bits per heavy atom. The summed E-state index contributed by atoms with van der Waals surface area (Å²) in [6.45, 7) is 5.83.